The lowest BCUT2D eigenvalue weighted by atomic mass is 10.0. The lowest BCUT2D eigenvalue weighted by molar-refractivity contribution is 0.126. The number of nitrogens with one attached hydrogen (secondary N) is 1. The highest BCUT2D eigenvalue weighted by Crippen LogP contribution is 2.26. The van der Waals surface area contributed by atoms with Crippen LogP contribution in [-0.2, 0) is 0 Å². The van der Waals surface area contributed by atoms with Gasteiger partial charge in [0.2, 0.25) is 0 Å². The molecule has 2 N–H and O–H groups in total. The summed E-state index contributed by atoms with van der Waals surface area (Å²) in [6, 6.07) is 8.48. The molecule has 0 aromatic heterocycles. The summed E-state index contributed by atoms with van der Waals surface area (Å²) in [5, 5.41) is 14.5. The number of aliphatic hydroxyl groups is 1. The Balaban J connectivity index is 0.00000400. The zero-order valence-corrected chi connectivity index (χ0v) is 15.3. The normalized spacial score (nSPS) is 13.8. The molecule has 0 amide bonds. The molecular weight excluding hydrogens is 302 g/mol. The molecule has 0 radical (unpaired) electrons. The van der Waals surface area contributed by atoms with Crippen LogP contribution in [0.5, 0.6) is 0 Å². The summed E-state index contributed by atoms with van der Waals surface area (Å²) in [6.45, 7) is 9.67. The fourth-order valence-electron chi connectivity index (χ4n) is 2.19. The van der Waals surface area contributed by atoms with Crippen molar-refractivity contribution in [1.82, 2.24) is 5.32 Å². The number of halogens is 1. The van der Waals surface area contributed by atoms with Crippen molar-refractivity contribution >= 4 is 24.2 Å². The van der Waals surface area contributed by atoms with E-state index < -0.39 is 6.10 Å². The number of thioether (sulfide) groups is 1. The Bertz CT molecular complexity index is 370. The van der Waals surface area contributed by atoms with Gasteiger partial charge >= 0.3 is 0 Å². The fraction of sp³-hybridized carbons (Fsp3) is 0.647. The SMILES string of the molecule is CCCCNC(CC)C(O)c1ccc(SC(C)C)cc1.Cl. The third-order valence-corrected chi connectivity index (χ3v) is 4.37. The lowest BCUT2D eigenvalue weighted by Gasteiger charge is -2.23. The number of rotatable bonds is 9. The molecule has 0 saturated heterocycles. The number of hydrogen-bond acceptors (Lipinski definition) is 3. The number of benzene rings is 1. The molecule has 1 aromatic rings. The van der Waals surface area contributed by atoms with Crippen LogP contribution in [0.4, 0.5) is 0 Å². The molecule has 0 spiro atoms. The quantitative estimate of drug-likeness (QED) is 0.503. The van der Waals surface area contributed by atoms with Gasteiger partial charge in [0.25, 0.3) is 0 Å². The summed E-state index contributed by atoms with van der Waals surface area (Å²) in [5.74, 6) is 0. The van der Waals surface area contributed by atoms with Crippen LogP contribution >= 0.6 is 24.2 Å². The van der Waals surface area contributed by atoms with E-state index in [0.717, 1.165) is 24.9 Å². The first kappa shape index (κ1) is 20.8. The van der Waals surface area contributed by atoms with E-state index in [1.807, 2.05) is 11.8 Å². The van der Waals surface area contributed by atoms with Gasteiger partial charge in [-0.25, -0.2) is 0 Å². The second-order valence-electron chi connectivity index (χ2n) is 5.50. The third-order valence-electron chi connectivity index (χ3n) is 3.35. The van der Waals surface area contributed by atoms with E-state index in [2.05, 4.69) is 57.3 Å². The molecule has 0 aliphatic rings. The summed E-state index contributed by atoms with van der Waals surface area (Å²) in [6.07, 6.45) is 2.86. The topological polar surface area (TPSA) is 32.3 Å². The molecule has 0 saturated carbocycles. The number of hydrogen-bond donors (Lipinski definition) is 2. The standard InChI is InChI=1S/C17H29NOS.ClH/c1-5-7-12-18-16(6-2)17(19)14-8-10-15(11-9-14)20-13(3)4;/h8-11,13,16-19H,5-7,12H2,1-4H3;1H. The van der Waals surface area contributed by atoms with Crippen LogP contribution < -0.4 is 5.32 Å². The van der Waals surface area contributed by atoms with Gasteiger partial charge in [-0.05, 0) is 37.1 Å². The Morgan fingerprint density at radius 1 is 1.14 bits per heavy atom. The largest absolute Gasteiger partial charge is 0.387 e. The molecule has 1 aromatic carbocycles. The minimum atomic E-state index is -0.421. The first-order chi connectivity index (χ1) is 9.58. The first-order valence-corrected chi connectivity index (χ1v) is 8.64. The Labute approximate surface area is 140 Å². The Morgan fingerprint density at radius 3 is 2.24 bits per heavy atom. The van der Waals surface area contributed by atoms with E-state index in [-0.39, 0.29) is 18.4 Å². The number of aliphatic hydroxyl groups excluding tert-OH is 1. The highest BCUT2D eigenvalue weighted by molar-refractivity contribution is 7.99. The van der Waals surface area contributed by atoms with Gasteiger partial charge < -0.3 is 10.4 Å². The summed E-state index contributed by atoms with van der Waals surface area (Å²) in [5.41, 5.74) is 1.01. The lowest BCUT2D eigenvalue weighted by Crippen LogP contribution is -2.35. The predicted molar refractivity (Wildman–Crippen MR) is 96.6 cm³/mol. The first-order valence-electron chi connectivity index (χ1n) is 7.76. The van der Waals surface area contributed by atoms with Crippen molar-refractivity contribution in [3.8, 4) is 0 Å². The summed E-state index contributed by atoms with van der Waals surface area (Å²) < 4.78 is 0. The Kier molecular flexibility index (Phi) is 11.2. The maximum Gasteiger partial charge on any atom is 0.0942 e. The maximum atomic E-state index is 10.5. The molecule has 0 bridgehead atoms. The molecule has 4 heteroatoms. The summed E-state index contributed by atoms with van der Waals surface area (Å²) in [4.78, 5) is 1.27. The van der Waals surface area contributed by atoms with Crippen molar-refractivity contribution in [3.05, 3.63) is 29.8 Å². The van der Waals surface area contributed by atoms with Gasteiger partial charge in [0.15, 0.2) is 0 Å². The predicted octanol–water partition coefficient (Wildman–Crippen LogP) is 4.81. The minimum Gasteiger partial charge on any atom is -0.387 e. The van der Waals surface area contributed by atoms with Gasteiger partial charge in [0.05, 0.1) is 6.10 Å². The molecule has 122 valence electrons. The average Bonchev–Trinajstić information content (AvgIpc) is 2.43. The molecule has 0 aliphatic carbocycles. The molecule has 21 heavy (non-hydrogen) atoms. The third kappa shape index (κ3) is 7.55. The summed E-state index contributed by atoms with van der Waals surface area (Å²) in [7, 11) is 0. The highest BCUT2D eigenvalue weighted by Gasteiger charge is 2.18. The van der Waals surface area contributed by atoms with E-state index in [1.165, 1.54) is 11.3 Å². The molecule has 2 atom stereocenters. The molecule has 0 heterocycles. The van der Waals surface area contributed by atoms with Crippen molar-refractivity contribution in [1.29, 1.82) is 0 Å². The molecule has 1 rings (SSSR count). The van der Waals surface area contributed by atoms with Gasteiger partial charge in [-0.2, -0.15) is 0 Å². The maximum absolute atomic E-state index is 10.5. The van der Waals surface area contributed by atoms with Crippen molar-refractivity contribution in [3.63, 3.8) is 0 Å². The average molecular weight is 332 g/mol. The van der Waals surface area contributed by atoms with Crippen LogP contribution in [0.1, 0.15) is 58.6 Å². The van der Waals surface area contributed by atoms with E-state index >= 15 is 0 Å². The van der Waals surface area contributed by atoms with Crippen molar-refractivity contribution in [2.75, 3.05) is 6.54 Å². The molecular formula is C17H30ClNOS. The van der Waals surface area contributed by atoms with E-state index in [4.69, 9.17) is 0 Å². The minimum absolute atomic E-state index is 0. The van der Waals surface area contributed by atoms with E-state index in [9.17, 15) is 5.11 Å². The number of unbranched alkanes of at least 4 members (excludes halogenated alkanes) is 1. The van der Waals surface area contributed by atoms with E-state index in [1.54, 1.807) is 0 Å². The summed E-state index contributed by atoms with van der Waals surface area (Å²) >= 11 is 1.85. The Hall–Kier alpha value is -0.220. The van der Waals surface area contributed by atoms with Gasteiger partial charge in [-0.15, -0.1) is 24.2 Å². The van der Waals surface area contributed by atoms with Gasteiger partial charge in [0, 0.05) is 16.2 Å². The fourth-order valence-corrected chi connectivity index (χ4v) is 3.03. The zero-order chi connectivity index (χ0) is 15.0. The van der Waals surface area contributed by atoms with Crippen molar-refractivity contribution < 1.29 is 5.11 Å². The van der Waals surface area contributed by atoms with Crippen LogP contribution in [0.2, 0.25) is 0 Å². The van der Waals surface area contributed by atoms with Gasteiger partial charge in [-0.1, -0.05) is 46.2 Å². The highest BCUT2D eigenvalue weighted by atomic mass is 35.5. The van der Waals surface area contributed by atoms with Crippen LogP contribution in [0.3, 0.4) is 0 Å². The van der Waals surface area contributed by atoms with Crippen molar-refractivity contribution in [2.24, 2.45) is 0 Å². The van der Waals surface area contributed by atoms with Gasteiger partial charge in [-0.3, -0.25) is 0 Å². The zero-order valence-electron chi connectivity index (χ0n) is 13.6. The second kappa shape index (κ2) is 11.4. The van der Waals surface area contributed by atoms with Crippen LogP contribution in [0, 0.1) is 0 Å². The van der Waals surface area contributed by atoms with Crippen LogP contribution in [0.15, 0.2) is 29.2 Å². The van der Waals surface area contributed by atoms with Crippen LogP contribution in [-0.4, -0.2) is 22.9 Å². The van der Waals surface area contributed by atoms with E-state index in [0.29, 0.717) is 5.25 Å². The molecule has 2 nitrogen and oxygen atoms in total. The van der Waals surface area contributed by atoms with Crippen LogP contribution in [0.25, 0.3) is 0 Å². The Morgan fingerprint density at radius 2 is 1.76 bits per heavy atom. The second-order valence-corrected chi connectivity index (χ2v) is 7.15. The van der Waals surface area contributed by atoms with Gasteiger partial charge in [0.1, 0.15) is 0 Å². The monoisotopic (exact) mass is 331 g/mol. The van der Waals surface area contributed by atoms with Crippen molar-refractivity contribution in [2.45, 2.75) is 69.2 Å². The smallest absolute Gasteiger partial charge is 0.0942 e. The molecule has 2 unspecified atom stereocenters. The molecule has 0 aliphatic heterocycles. The molecule has 0 fully saturated rings.